The van der Waals surface area contributed by atoms with Crippen LogP contribution in [-0.2, 0) is 4.79 Å². The van der Waals surface area contributed by atoms with Crippen LogP contribution in [0.1, 0.15) is 84.0 Å². The molecule has 0 heterocycles. The first-order chi connectivity index (χ1) is 10.8. The molecule has 0 aliphatic rings. The maximum Gasteiger partial charge on any atom is 0.303 e. The molecule has 0 aliphatic carbocycles. The molecule has 0 rings (SSSR count). The second-order valence-corrected chi connectivity index (χ2v) is 5.69. The highest BCUT2D eigenvalue weighted by Crippen LogP contribution is 2.06. The van der Waals surface area contributed by atoms with E-state index in [0.29, 0.717) is 6.42 Å². The normalized spacial score (nSPS) is 12.0. The van der Waals surface area contributed by atoms with Crippen molar-refractivity contribution in [2.45, 2.75) is 84.0 Å². The minimum Gasteiger partial charge on any atom is -0.481 e. The van der Waals surface area contributed by atoms with Gasteiger partial charge in [-0.2, -0.15) is 0 Å². The molecule has 0 fully saturated rings. The first-order valence-corrected chi connectivity index (χ1v) is 8.94. The largest absolute Gasteiger partial charge is 0.481 e. The fourth-order valence-corrected chi connectivity index (χ4v) is 2.21. The first-order valence-electron chi connectivity index (χ1n) is 8.94. The van der Waals surface area contributed by atoms with Crippen LogP contribution in [0.5, 0.6) is 0 Å². The summed E-state index contributed by atoms with van der Waals surface area (Å²) in [6, 6.07) is 0. The summed E-state index contributed by atoms with van der Waals surface area (Å²) in [5.74, 6) is -0.677. The summed E-state index contributed by atoms with van der Waals surface area (Å²) in [4.78, 5) is 10.3. The van der Waals surface area contributed by atoms with Crippen LogP contribution in [0.2, 0.25) is 0 Å². The SMILES string of the molecule is CC/C=C/CCCC/C=C/C/C=C/CCCCCCC(=O)O. The molecular formula is C20H34O2. The van der Waals surface area contributed by atoms with Crippen molar-refractivity contribution in [2.24, 2.45) is 0 Å². The highest BCUT2D eigenvalue weighted by molar-refractivity contribution is 5.66. The molecule has 22 heavy (non-hydrogen) atoms. The van der Waals surface area contributed by atoms with Crippen LogP contribution >= 0.6 is 0 Å². The van der Waals surface area contributed by atoms with Gasteiger partial charge in [0.2, 0.25) is 0 Å². The number of hydrogen-bond donors (Lipinski definition) is 1. The third-order valence-electron chi connectivity index (χ3n) is 3.51. The van der Waals surface area contributed by atoms with E-state index >= 15 is 0 Å². The van der Waals surface area contributed by atoms with Gasteiger partial charge in [0.15, 0.2) is 0 Å². The maximum atomic E-state index is 10.3. The average molecular weight is 306 g/mol. The molecule has 0 atom stereocenters. The fourth-order valence-electron chi connectivity index (χ4n) is 2.21. The maximum absolute atomic E-state index is 10.3. The van der Waals surface area contributed by atoms with Crippen molar-refractivity contribution in [1.82, 2.24) is 0 Å². The summed E-state index contributed by atoms with van der Waals surface area (Å²) in [6.07, 6.45) is 26.3. The Morgan fingerprint density at radius 1 is 0.727 bits per heavy atom. The van der Waals surface area contributed by atoms with Crippen LogP contribution in [0, 0.1) is 0 Å². The molecule has 2 nitrogen and oxygen atoms in total. The van der Waals surface area contributed by atoms with Gasteiger partial charge >= 0.3 is 5.97 Å². The molecule has 0 aromatic heterocycles. The summed E-state index contributed by atoms with van der Waals surface area (Å²) in [5, 5.41) is 8.52. The van der Waals surface area contributed by atoms with E-state index < -0.39 is 5.97 Å². The topological polar surface area (TPSA) is 37.3 Å². The van der Waals surface area contributed by atoms with E-state index in [0.717, 1.165) is 38.5 Å². The van der Waals surface area contributed by atoms with E-state index in [2.05, 4.69) is 43.4 Å². The lowest BCUT2D eigenvalue weighted by Crippen LogP contribution is -1.93. The number of carboxylic acid groups (broad SMARTS) is 1. The monoisotopic (exact) mass is 306 g/mol. The number of rotatable bonds is 15. The summed E-state index contributed by atoms with van der Waals surface area (Å²) >= 11 is 0. The molecule has 0 aromatic carbocycles. The lowest BCUT2D eigenvalue weighted by Gasteiger charge is -1.96. The van der Waals surface area contributed by atoms with E-state index in [1.54, 1.807) is 0 Å². The molecule has 0 spiro atoms. The fraction of sp³-hybridized carbons (Fsp3) is 0.650. The number of unbranched alkanes of at least 4 members (excludes halogenated alkanes) is 7. The van der Waals surface area contributed by atoms with E-state index in [-0.39, 0.29) is 0 Å². The zero-order chi connectivity index (χ0) is 16.3. The summed E-state index contributed by atoms with van der Waals surface area (Å²) in [7, 11) is 0. The molecule has 0 radical (unpaired) electrons. The second-order valence-electron chi connectivity index (χ2n) is 5.69. The standard InChI is InChI=1S/C20H34O2/c1-2-3-4-5-6-7-8-9-10-11-12-13-14-15-16-17-18-19-20(21)22/h3-4,9-10,12-13H,2,5-8,11,14-19H2,1H3,(H,21,22)/b4-3+,10-9+,13-12+. The number of carboxylic acids is 1. The van der Waals surface area contributed by atoms with Crippen molar-refractivity contribution >= 4 is 5.97 Å². The van der Waals surface area contributed by atoms with Gasteiger partial charge in [0, 0.05) is 6.42 Å². The van der Waals surface area contributed by atoms with Crippen LogP contribution < -0.4 is 0 Å². The third kappa shape index (κ3) is 18.7. The Hall–Kier alpha value is -1.31. The Morgan fingerprint density at radius 2 is 1.23 bits per heavy atom. The summed E-state index contributed by atoms with van der Waals surface area (Å²) in [6.45, 7) is 2.17. The molecule has 0 aromatic rings. The molecule has 1 N–H and O–H groups in total. The highest BCUT2D eigenvalue weighted by atomic mass is 16.4. The second kappa shape index (κ2) is 17.7. The van der Waals surface area contributed by atoms with E-state index in [9.17, 15) is 4.79 Å². The van der Waals surface area contributed by atoms with Crippen molar-refractivity contribution in [2.75, 3.05) is 0 Å². The Kier molecular flexibility index (Phi) is 16.7. The molecule has 2 heteroatoms. The Bertz CT molecular complexity index is 327. The lowest BCUT2D eigenvalue weighted by molar-refractivity contribution is -0.137. The third-order valence-corrected chi connectivity index (χ3v) is 3.51. The van der Waals surface area contributed by atoms with Crippen molar-refractivity contribution < 1.29 is 9.90 Å². The predicted molar refractivity (Wildman–Crippen MR) is 96.1 cm³/mol. The molecule has 0 aliphatic heterocycles. The molecule has 0 unspecified atom stereocenters. The van der Waals surface area contributed by atoms with Gasteiger partial charge in [-0.15, -0.1) is 0 Å². The van der Waals surface area contributed by atoms with Crippen molar-refractivity contribution in [3.8, 4) is 0 Å². The smallest absolute Gasteiger partial charge is 0.303 e. The van der Waals surface area contributed by atoms with Crippen LogP contribution in [0.3, 0.4) is 0 Å². The Labute approximate surface area is 137 Å². The minimum atomic E-state index is -0.677. The van der Waals surface area contributed by atoms with Crippen molar-refractivity contribution in [1.29, 1.82) is 0 Å². The predicted octanol–water partition coefficient (Wildman–Crippen LogP) is 6.44. The molecular weight excluding hydrogens is 272 g/mol. The van der Waals surface area contributed by atoms with Gasteiger partial charge in [-0.25, -0.2) is 0 Å². The van der Waals surface area contributed by atoms with Crippen LogP contribution in [0.25, 0.3) is 0 Å². The summed E-state index contributed by atoms with van der Waals surface area (Å²) < 4.78 is 0. The number of hydrogen-bond acceptors (Lipinski definition) is 1. The van der Waals surface area contributed by atoms with Gasteiger partial charge in [0.1, 0.15) is 0 Å². The van der Waals surface area contributed by atoms with Gasteiger partial charge in [-0.1, -0.05) is 56.2 Å². The van der Waals surface area contributed by atoms with Crippen molar-refractivity contribution in [3.63, 3.8) is 0 Å². The highest BCUT2D eigenvalue weighted by Gasteiger charge is 1.95. The Morgan fingerprint density at radius 3 is 1.77 bits per heavy atom. The number of allylic oxidation sites excluding steroid dienone is 6. The molecule has 0 saturated carbocycles. The minimum absolute atomic E-state index is 0.315. The van der Waals surface area contributed by atoms with E-state index in [1.807, 2.05) is 0 Å². The lowest BCUT2D eigenvalue weighted by atomic mass is 10.1. The van der Waals surface area contributed by atoms with Crippen LogP contribution in [0.4, 0.5) is 0 Å². The van der Waals surface area contributed by atoms with Gasteiger partial charge in [-0.3, -0.25) is 4.79 Å². The molecule has 0 amide bonds. The quantitative estimate of drug-likeness (QED) is 0.279. The van der Waals surface area contributed by atoms with E-state index in [4.69, 9.17) is 5.11 Å². The number of carbonyl (C=O) groups is 1. The van der Waals surface area contributed by atoms with Gasteiger partial charge in [0.25, 0.3) is 0 Å². The summed E-state index contributed by atoms with van der Waals surface area (Å²) in [5.41, 5.74) is 0. The van der Waals surface area contributed by atoms with Gasteiger partial charge in [0.05, 0.1) is 0 Å². The average Bonchev–Trinajstić information content (AvgIpc) is 2.50. The zero-order valence-electron chi connectivity index (χ0n) is 14.3. The van der Waals surface area contributed by atoms with E-state index in [1.165, 1.54) is 32.1 Å². The molecule has 0 saturated heterocycles. The number of aliphatic carboxylic acids is 1. The Balaban J connectivity index is 3.24. The van der Waals surface area contributed by atoms with Gasteiger partial charge < -0.3 is 5.11 Å². The van der Waals surface area contributed by atoms with Crippen LogP contribution in [0.15, 0.2) is 36.5 Å². The van der Waals surface area contributed by atoms with Gasteiger partial charge in [-0.05, 0) is 57.8 Å². The zero-order valence-corrected chi connectivity index (χ0v) is 14.3. The first kappa shape index (κ1) is 20.7. The van der Waals surface area contributed by atoms with Crippen molar-refractivity contribution in [3.05, 3.63) is 36.5 Å². The van der Waals surface area contributed by atoms with Crippen LogP contribution in [-0.4, -0.2) is 11.1 Å². The molecule has 0 bridgehead atoms. The molecule has 126 valence electrons.